The Morgan fingerprint density at radius 3 is 1.95 bits per heavy atom. The number of carbonyl (C=O) groups is 2. The molecular weight excluding hydrogens is 277 g/mol. The third-order valence-corrected chi connectivity index (χ3v) is 2.30. The molecule has 0 radical (unpaired) electrons. The van der Waals surface area contributed by atoms with Crippen molar-refractivity contribution in [3.8, 4) is 5.75 Å². The normalized spacial score (nSPS) is 11.9. The molecule has 0 aliphatic rings. The van der Waals surface area contributed by atoms with Crippen LogP contribution in [0.2, 0.25) is 0 Å². The molecular formula is C13H13F3O4. The molecule has 0 heterocycles. The zero-order valence-corrected chi connectivity index (χ0v) is 11.1. The summed E-state index contributed by atoms with van der Waals surface area (Å²) < 4.78 is 44.5. The monoisotopic (exact) mass is 290 g/mol. The molecule has 0 bridgehead atoms. The Hall–Kier alpha value is -2.05. The second-order valence-corrected chi connectivity index (χ2v) is 4.51. The van der Waals surface area contributed by atoms with Crippen LogP contribution in [0.3, 0.4) is 0 Å². The molecule has 0 aliphatic heterocycles. The average molecular weight is 290 g/mol. The maximum absolute atomic E-state index is 12.1. The lowest BCUT2D eigenvalue weighted by Gasteiger charge is -2.22. The van der Waals surface area contributed by atoms with Gasteiger partial charge in [-0.15, -0.1) is 13.2 Å². The number of hydrogen-bond acceptors (Lipinski definition) is 4. The van der Waals surface area contributed by atoms with E-state index in [1.165, 1.54) is 26.0 Å². The summed E-state index contributed by atoms with van der Waals surface area (Å²) in [5.74, 6) is -1.58. The lowest BCUT2D eigenvalue weighted by Crippen LogP contribution is -2.36. The highest BCUT2D eigenvalue weighted by Gasteiger charge is 2.33. The molecule has 0 N–H and O–H groups in total. The van der Waals surface area contributed by atoms with E-state index in [2.05, 4.69) is 4.74 Å². The molecule has 0 saturated heterocycles. The van der Waals surface area contributed by atoms with Gasteiger partial charge in [0.1, 0.15) is 5.75 Å². The van der Waals surface area contributed by atoms with Crippen molar-refractivity contribution in [1.82, 2.24) is 0 Å². The van der Waals surface area contributed by atoms with Crippen LogP contribution >= 0.6 is 0 Å². The Balaban J connectivity index is 2.88. The van der Waals surface area contributed by atoms with E-state index in [-0.39, 0.29) is 5.56 Å². The van der Waals surface area contributed by atoms with Crippen molar-refractivity contribution in [3.05, 3.63) is 29.8 Å². The molecule has 0 spiro atoms. The van der Waals surface area contributed by atoms with Crippen molar-refractivity contribution in [2.45, 2.75) is 32.7 Å². The fraction of sp³-hybridized carbons (Fsp3) is 0.385. The summed E-state index contributed by atoms with van der Waals surface area (Å²) in [6.45, 7) is 3.96. The van der Waals surface area contributed by atoms with Crippen molar-refractivity contribution in [2.75, 3.05) is 0 Å². The number of ketones is 1. The van der Waals surface area contributed by atoms with Crippen molar-refractivity contribution in [3.63, 3.8) is 0 Å². The van der Waals surface area contributed by atoms with Crippen LogP contribution in [0, 0.1) is 0 Å². The van der Waals surface area contributed by atoms with Gasteiger partial charge in [0.05, 0.1) is 0 Å². The van der Waals surface area contributed by atoms with Crippen molar-refractivity contribution < 1.29 is 32.2 Å². The third-order valence-electron chi connectivity index (χ3n) is 2.30. The smallest absolute Gasteiger partial charge is 0.451 e. The van der Waals surface area contributed by atoms with E-state index in [1.54, 1.807) is 0 Å². The molecule has 0 fully saturated rings. The van der Waals surface area contributed by atoms with E-state index in [1.807, 2.05) is 0 Å². The fourth-order valence-corrected chi connectivity index (χ4v) is 1.56. The van der Waals surface area contributed by atoms with Crippen molar-refractivity contribution in [1.29, 1.82) is 0 Å². The number of ether oxygens (including phenoxy) is 2. The van der Waals surface area contributed by atoms with Gasteiger partial charge < -0.3 is 9.47 Å². The molecule has 0 amide bonds. The summed E-state index contributed by atoms with van der Waals surface area (Å²) in [7, 11) is 0. The minimum atomic E-state index is -4.79. The molecule has 1 aromatic carbocycles. The van der Waals surface area contributed by atoms with Crippen LogP contribution in [0.5, 0.6) is 5.75 Å². The molecule has 4 nitrogen and oxygen atoms in total. The van der Waals surface area contributed by atoms with Crippen LogP contribution in [0.15, 0.2) is 24.3 Å². The van der Waals surface area contributed by atoms with Crippen molar-refractivity contribution >= 4 is 11.8 Å². The van der Waals surface area contributed by atoms with E-state index in [4.69, 9.17) is 4.74 Å². The molecule has 1 rings (SSSR count). The zero-order chi connectivity index (χ0) is 15.6. The Morgan fingerprint density at radius 1 is 1.05 bits per heavy atom. The lowest BCUT2D eigenvalue weighted by molar-refractivity contribution is -0.274. The number of benzene rings is 1. The summed E-state index contributed by atoms with van der Waals surface area (Å²) in [6, 6.07) is 4.39. The molecule has 20 heavy (non-hydrogen) atoms. The van der Waals surface area contributed by atoms with Gasteiger partial charge in [-0.1, -0.05) is 0 Å². The maximum Gasteiger partial charge on any atom is 0.573 e. The zero-order valence-electron chi connectivity index (χ0n) is 11.1. The molecule has 1 aromatic rings. The second-order valence-electron chi connectivity index (χ2n) is 4.51. The van der Waals surface area contributed by atoms with Crippen LogP contribution in [0.25, 0.3) is 0 Å². The highest BCUT2D eigenvalue weighted by molar-refractivity contribution is 6.02. The molecule has 0 aliphatic carbocycles. The number of carbonyl (C=O) groups excluding carboxylic acids is 2. The van der Waals surface area contributed by atoms with Gasteiger partial charge in [0.2, 0.25) is 5.78 Å². The fourth-order valence-electron chi connectivity index (χ4n) is 1.56. The molecule has 0 aromatic heterocycles. The molecule has 0 unspecified atom stereocenters. The van der Waals surface area contributed by atoms with Gasteiger partial charge in [-0.3, -0.25) is 9.59 Å². The summed E-state index contributed by atoms with van der Waals surface area (Å²) in [6.07, 6.45) is -4.79. The topological polar surface area (TPSA) is 52.6 Å². The highest BCUT2D eigenvalue weighted by atomic mass is 19.4. The maximum atomic E-state index is 12.1. The van der Waals surface area contributed by atoms with Gasteiger partial charge in [0.25, 0.3) is 0 Å². The molecule has 110 valence electrons. The van der Waals surface area contributed by atoms with Gasteiger partial charge >= 0.3 is 12.3 Å². The quantitative estimate of drug-likeness (QED) is 0.631. The predicted molar refractivity (Wildman–Crippen MR) is 63.3 cm³/mol. The van der Waals surface area contributed by atoms with Crippen LogP contribution in [0.4, 0.5) is 13.2 Å². The van der Waals surface area contributed by atoms with Crippen LogP contribution < -0.4 is 4.74 Å². The van der Waals surface area contributed by atoms with Crippen LogP contribution in [0.1, 0.15) is 31.1 Å². The number of Topliss-reactive ketones (excluding diaryl/α,β-unsaturated/α-hetero) is 1. The standard InChI is InChI=1S/C13H13F3O4/c1-8(17)19-12(2,3)11(18)9-4-6-10(7-5-9)20-13(14,15)16/h4-7H,1-3H3. The minimum absolute atomic E-state index is 0.116. The van der Waals surface area contributed by atoms with Gasteiger partial charge in [-0.2, -0.15) is 0 Å². The molecule has 0 atom stereocenters. The van der Waals surface area contributed by atoms with Gasteiger partial charge in [0, 0.05) is 12.5 Å². The summed E-state index contributed by atoms with van der Waals surface area (Å²) >= 11 is 0. The summed E-state index contributed by atoms with van der Waals surface area (Å²) in [5.41, 5.74) is -1.27. The first-order chi connectivity index (χ1) is 9.01. The van der Waals surface area contributed by atoms with Gasteiger partial charge in [-0.05, 0) is 38.1 Å². The first-order valence-electron chi connectivity index (χ1n) is 5.61. The van der Waals surface area contributed by atoms with Crippen LogP contribution in [-0.4, -0.2) is 23.7 Å². The van der Waals surface area contributed by atoms with E-state index < -0.39 is 29.5 Å². The largest absolute Gasteiger partial charge is 0.573 e. The number of rotatable bonds is 4. The number of hydrogen-bond donors (Lipinski definition) is 0. The second kappa shape index (κ2) is 5.52. The van der Waals surface area contributed by atoms with Gasteiger partial charge in [-0.25, -0.2) is 0 Å². The predicted octanol–water partition coefficient (Wildman–Crippen LogP) is 3.11. The highest BCUT2D eigenvalue weighted by Crippen LogP contribution is 2.24. The average Bonchev–Trinajstić information content (AvgIpc) is 2.25. The Kier molecular flexibility index (Phi) is 4.42. The summed E-state index contributed by atoms with van der Waals surface area (Å²) in [4.78, 5) is 22.9. The third kappa shape index (κ3) is 4.56. The molecule has 0 saturated carbocycles. The first-order valence-corrected chi connectivity index (χ1v) is 5.61. The Morgan fingerprint density at radius 2 is 1.55 bits per heavy atom. The first kappa shape index (κ1) is 16.0. The van der Waals surface area contributed by atoms with Crippen molar-refractivity contribution in [2.24, 2.45) is 0 Å². The van der Waals surface area contributed by atoms with E-state index in [9.17, 15) is 22.8 Å². The minimum Gasteiger partial charge on any atom is -0.451 e. The Labute approximate surface area is 113 Å². The van der Waals surface area contributed by atoms with E-state index in [0.29, 0.717) is 0 Å². The van der Waals surface area contributed by atoms with Crippen LogP contribution in [-0.2, 0) is 9.53 Å². The number of esters is 1. The number of halogens is 3. The number of alkyl halides is 3. The molecule has 7 heteroatoms. The van der Waals surface area contributed by atoms with E-state index >= 15 is 0 Å². The lowest BCUT2D eigenvalue weighted by atomic mass is 9.96. The van der Waals surface area contributed by atoms with Gasteiger partial charge in [0.15, 0.2) is 5.60 Å². The SMILES string of the molecule is CC(=O)OC(C)(C)C(=O)c1ccc(OC(F)(F)F)cc1. The Bertz CT molecular complexity index is 503. The van der Waals surface area contributed by atoms with E-state index in [0.717, 1.165) is 19.1 Å². The summed E-state index contributed by atoms with van der Waals surface area (Å²) in [5, 5.41) is 0.